The Hall–Kier alpha value is -1.88. The summed E-state index contributed by atoms with van der Waals surface area (Å²) >= 11 is 1.51. The van der Waals surface area contributed by atoms with E-state index in [4.69, 9.17) is 0 Å². The zero-order valence-electron chi connectivity index (χ0n) is 9.21. The standard InChI is InChI=1S/C12H12N4S/c1-2-5-11-10(4-1)12(17-15-11)13-7-9-16-8-3-6-14-16/h1-6,8,13H,7,9H2. The summed E-state index contributed by atoms with van der Waals surface area (Å²) in [6, 6.07) is 10.1. The lowest BCUT2D eigenvalue weighted by atomic mass is 10.2. The predicted molar refractivity (Wildman–Crippen MR) is 70.3 cm³/mol. The van der Waals surface area contributed by atoms with E-state index in [2.05, 4.69) is 20.9 Å². The highest BCUT2D eigenvalue weighted by atomic mass is 32.1. The van der Waals surface area contributed by atoms with Crippen molar-refractivity contribution in [2.45, 2.75) is 6.54 Å². The molecule has 0 aliphatic heterocycles. The van der Waals surface area contributed by atoms with E-state index in [0.717, 1.165) is 23.6 Å². The van der Waals surface area contributed by atoms with Crippen LogP contribution in [-0.4, -0.2) is 20.7 Å². The van der Waals surface area contributed by atoms with E-state index in [-0.39, 0.29) is 0 Å². The minimum Gasteiger partial charge on any atom is -0.373 e. The van der Waals surface area contributed by atoms with E-state index < -0.39 is 0 Å². The molecule has 0 bridgehead atoms. The Morgan fingerprint density at radius 1 is 1.24 bits per heavy atom. The zero-order chi connectivity index (χ0) is 11.5. The summed E-state index contributed by atoms with van der Waals surface area (Å²) in [7, 11) is 0. The lowest BCUT2D eigenvalue weighted by Crippen LogP contribution is -2.10. The van der Waals surface area contributed by atoms with Gasteiger partial charge in [0.1, 0.15) is 5.00 Å². The molecule has 4 nitrogen and oxygen atoms in total. The Morgan fingerprint density at radius 3 is 3.06 bits per heavy atom. The second-order valence-electron chi connectivity index (χ2n) is 3.72. The lowest BCUT2D eigenvalue weighted by Gasteiger charge is -2.03. The fourth-order valence-corrected chi connectivity index (χ4v) is 2.52. The molecule has 0 atom stereocenters. The maximum absolute atomic E-state index is 4.39. The molecule has 5 heteroatoms. The number of nitrogens with one attached hydrogen (secondary N) is 1. The third-order valence-electron chi connectivity index (χ3n) is 2.57. The summed E-state index contributed by atoms with van der Waals surface area (Å²) < 4.78 is 6.30. The number of benzene rings is 1. The van der Waals surface area contributed by atoms with Crippen LogP contribution in [0.15, 0.2) is 42.7 Å². The molecule has 0 aliphatic carbocycles. The molecule has 0 unspecified atom stereocenters. The molecule has 2 aromatic heterocycles. The maximum Gasteiger partial charge on any atom is 0.117 e. The molecular formula is C12H12N4S. The van der Waals surface area contributed by atoms with Crippen molar-refractivity contribution in [2.24, 2.45) is 0 Å². The van der Waals surface area contributed by atoms with E-state index in [1.165, 1.54) is 16.9 Å². The summed E-state index contributed by atoms with van der Waals surface area (Å²) in [5.41, 5.74) is 1.05. The number of nitrogens with zero attached hydrogens (tertiary/aromatic N) is 3. The minimum atomic E-state index is 0.855. The first-order valence-electron chi connectivity index (χ1n) is 5.49. The van der Waals surface area contributed by atoms with Gasteiger partial charge in [-0.3, -0.25) is 4.68 Å². The molecule has 3 rings (SSSR count). The average Bonchev–Trinajstić information content (AvgIpc) is 2.99. The quantitative estimate of drug-likeness (QED) is 0.767. The number of hydrogen-bond donors (Lipinski definition) is 1. The third kappa shape index (κ3) is 2.14. The van der Waals surface area contributed by atoms with Crippen LogP contribution in [0.2, 0.25) is 0 Å². The lowest BCUT2D eigenvalue weighted by molar-refractivity contribution is 0.638. The molecule has 0 saturated carbocycles. The van der Waals surface area contributed by atoms with Crippen molar-refractivity contribution in [3.05, 3.63) is 42.7 Å². The van der Waals surface area contributed by atoms with E-state index in [0.29, 0.717) is 0 Å². The number of anilines is 1. The highest BCUT2D eigenvalue weighted by Crippen LogP contribution is 2.26. The van der Waals surface area contributed by atoms with E-state index in [9.17, 15) is 0 Å². The summed E-state index contributed by atoms with van der Waals surface area (Å²) in [5.74, 6) is 0. The van der Waals surface area contributed by atoms with Gasteiger partial charge in [0, 0.05) is 24.3 Å². The molecule has 0 spiro atoms. The van der Waals surface area contributed by atoms with Gasteiger partial charge in [0.25, 0.3) is 0 Å². The van der Waals surface area contributed by atoms with Crippen LogP contribution in [0.4, 0.5) is 5.00 Å². The fourth-order valence-electron chi connectivity index (χ4n) is 1.73. The average molecular weight is 244 g/mol. The number of rotatable bonds is 4. The van der Waals surface area contributed by atoms with Crippen LogP contribution in [0.5, 0.6) is 0 Å². The van der Waals surface area contributed by atoms with Crippen LogP contribution in [0.25, 0.3) is 10.9 Å². The van der Waals surface area contributed by atoms with Crippen molar-refractivity contribution in [1.29, 1.82) is 0 Å². The molecular weight excluding hydrogens is 232 g/mol. The van der Waals surface area contributed by atoms with Gasteiger partial charge in [0.15, 0.2) is 0 Å². The van der Waals surface area contributed by atoms with E-state index in [1.807, 2.05) is 35.1 Å². The highest BCUT2D eigenvalue weighted by Gasteiger charge is 2.03. The van der Waals surface area contributed by atoms with E-state index >= 15 is 0 Å². The van der Waals surface area contributed by atoms with Crippen LogP contribution in [0.3, 0.4) is 0 Å². The molecule has 0 saturated heterocycles. The van der Waals surface area contributed by atoms with Gasteiger partial charge in [-0.05, 0) is 29.7 Å². The molecule has 0 aliphatic rings. The van der Waals surface area contributed by atoms with Crippen molar-refractivity contribution < 1.29 is 0 Å². The van der Waals surface area contributed by atoms with Gasteiger partial charge in [0.05, 0.1) is 12.1 Å². The maximum atomic E-state index is 4.39. The predicted octanol–water partition coefficient (Wildman–Crippen LogP) is 2.60. The Kier molecular flexibility index (Phi) is 2.75. The van der Waals surface area contributed by atoms with Crippen molar-refractivity contribution >= 4 is 27.4 Å². The van der Waals surface area contributed by atoms with Crippen LogP contribution in [0.1, 0.15) is 0 Å². The smallest absolute Gasteiger partial charge is 0.117 e. The summed E-state index contributed by atoms with van der Waals surface area (Å²) in [6.07, 6.45) is 3.76. The second kappa shape index (κ2) is 4.55. The molecule has 1 aromatic carbocycles. The van der Waals surface area contributed by atoms with Crippen LogP contribution >= 0.6 is 11.5 Å². The largest absolute Gasteiger partial charge is 0.373 e. The first kappa shape index (κ1) is 10.3. The van der Waals surface area contributed by atoms with Gasteiger partial charge in [-0.25, -0.2) is 0 Å². The Balaban J connectivity index is 1.69. The first-order valence-corrected chi connectivity index (χ1v) is 6.26. The normalized spacial score (nSPS) is 10.8. The molecule has 0 radical (unpaired) electrons. The number of hydrogen-bond acceptors (Lipinski definition) is 4. The van der Waals surface area contributed by atoms with Crippen LogP contribution in [-0.2, 0) is 6.54 Å². The highest BCUT2D eigenvalue weighted by molar-refractivity contribution is 7.11. The van der Waals surface area contributed by atoms with Crippen molar-refractivity contribution in [3.63, 3.8) is 0 Å². The summed E-state index contributed by atoms with van der Waals surface area (Å²) in [6.45, 7) is 1.72. The molecule has 3 aromatic rings. The van der Waals surface area contributed by atoms with Crippen LogP contribution < -0.4 is 5.32 Å². The van der Waals surface area contributed by atoms with Crippen LogP contribution in [0, 0.1) is 0 Å². The monoisotopic (exact) mass is 244 g/mol. The zero-order valence-corrected chi connectivity index (χ0v) is 10.0. The fraction of sp³-hybridized carbons (Fsp3) is 0.167. The number of aromatic nitrogens is 3. The van der Waals surface area contributed by atoms with E-state index in [1.54, 1.807) is 6.20 Å². The van der Waals surface area contributed by atoms with Gasteiger partial charge < -0.3 is 5.32 Å². The van der Waals surface area contributed by atoms with Crippen molar-refractivity contribution in [1.82, 2.24) is 14.2 Å². The Labute approximate surface area is 103 Å². The van der Waals surface area contributed by atoms with Crippen molar-refractivity contribution in [2.75, 3.05) is 11.9 Å². The molecule has 2 heterocycles. The molecule has 0 fully saturated rings. The topological polar surface area (TPSA) is 42.7 Å². The van der Waals surface area contributed by atoms with Gasteiger partial charge in [-0.2, -0.15) is 9.47 Å². The second-order valence-corrected chi connectivity index (χ2v) is 4.50. The molecule has 86 valence electrons. The van der Waals surface area contributed by atoms with Gasteiger partial charge in [-0.1, -0.05) is 12.1 Å². The first-order chi connectivity index (χ1) is 8.43. The van der Waals surface area contributed by atoms with Gasteiger partial charge in [0.2, 0.25) is 0 Å². The third-order valence-corrected chi connectivity index (χ3v) is 3.40. The Bertz CT molecular complexity index is 600. The Morgan fingerprint density at radius 2 is 2.18 bits per heavy atom. The SMILES string of the molecule is c1ccc2c(NCCn3cccn3)snc2c1. The minimum absolute atomic E-state index is 0.855. The molecule has 17 heavy (non-hydrogen) atoms. The van der Waals surface area contributed by atoms with Crippen molar-refractivity contribution in [3.8, 4) is 0 Å². The summed E-state index contributed by atoms with van der Waals surface area (Å²) in [5, 5.41) is 9.89. The molecule has 1 N–H and O–H groups in total. The number of fused-ring (bicyclic) bond motifs is 1. The van der Waals surface area contributed by atoms with Gasteiger partial charge in [-0.15, -0.1) is 0 Å². The van der Waals surface area contributed by atoms with Gasteiger partial charge >= 0.3 is 0 Å². The molecule has 0 amide bonds. The summed E-state index contributed by atoms with van der Waals surface area (Å²) in [4.78, 5) is 0.